The molecule has 0 aliphatic carbocycles. The van der Waals surface area contributed by atoms with Crippen LogP contribution in [0, 0.1) is 0 Å². The number of para-hydroxylation sites is 2. The average Bonchev–Trinajstić information content (AvgIpc) is 2.86. The summed E-state index contributed by atoms with van der Waals surface area (Å²) < 4.78 is 39.7. The molecule has 2 heterocycles. The Labute approximate surface area is 202 Å². The zero-order valence-corrected chi connectivity index (χ0v) is 19.8. The van der Waals surface area contributed by atoms with Crippen LogP contribution in [0.25, 0.3) is 11.5 Å². The number of nitrogens with one attached hydrogen (secondary N) is 1. The normalized spacial score (nSPS) is 11.1. The van der Waals surface area contributed by atoms with Gasteiger partial charge in [-0.25, -0.2) is 18.4 Å². The minimum Gasteiger partial charge on any atom is -0.493 e. The molecule has 0 aliphatic rings. The van der Waals surface area contributed by atoms with Crippen molar-refractivity contribution in [1.82, 2.24) is 15.0 Å². The number of hydrogen-bond donors (Lipinski definition) is 1. The molecule has 8 nitrogen and oxygen atoms in total. The Hall–Kier alpha value is -3.69. The molecular formula is C24H21ClN4O4S. The standard InChI is InChI=1S/C24H21ClN4O4S/c1-32-19-12-5-6-13-20(19)33-21-22(25)27-23(18-11-7-8-15-26-18)28-24(21)29-34(30,31)16-14-17-9-3-2-4-10-17/h2-13,15H,14,16H2,1H3,(H,27,28,29). The molecule has 10 heteroatoms. The molecule has 2 aromatic heterocycles. The summed E-state index contributed by atoms with van der Waals surface area (Å²) in [5.74, 6) is 0.606. The number of aryl methyl sites for hydroxylation is 1. The quantitative estimate of drug-likeness (QED) is 0.326. The lowest BCUT2D eigenvalue weighted by atomic mass is 10.2. The third-order valence-electron chi connectivity index (χ3n) is 4.75. The van der Waals surface area contributed by atoms with Crippen molar-refractivity contribution in [2.75, 3.05) is 17.6 Å². The molecule has 0 bridgehead atoms. The largest absolute Gasteiger partial charge is 0.493 e. The highest BCUT2D eigenvalue weighted by Crippen LogP contribution is 2.39. The summed E-state index contributed by atoms with van der Waals surface area (Å²) in [6, 6.07) is 21.4. The van der Waals surface area contributed by atoms with E-state index in [4.69, 9.17) is 21.1 Å². The molecular weight excluding hydrogens is 476 g/mol. The van der Waals surface area contributed by atoms with E-state index in [-0.39, 0.29) is 28.3 Å². The number of aromatic nitrogens is 3. The van der Waals surface area contributed by atoms with Crippen LogP contribution in [0.2, 0.25) is 5.15 Å². The van der Waals surface area contributed by atoms with Gasteiger partial charge in [0, 0.05) is 6.20 Å². The van der Waals surface area contributed by atoms with Gasteiger partial charge in [-0.2, -0.15) is 0 Å². The zero-order chi connectivity index (χ0) is 24.0. The third kappa shape index (κ3) is 5.81. The van der Waals surface area contributed by atoms with Crippen molar-refractivity contribution >= 4 is 27.4 Å². The molecule has 0 spiro atoms. The van der Waals surface area contributed by atoms with Crippen LogP contribution in [0.15, 0.2) is 79.0 Å². The second kappa shape index (κ2) is 10.5. The van der Waals surface area contributed by atoms with Crippen LogP contribution in [0.4, 0.5) is 5.82 Å². The minimum atomic E-state index is -3.81. The first-order valence-electron chi connectivity index (χ1n) is 10.3. The highest BCUT2D eigenvalue weighted by molar-refractivity contribution is 7.92. The van der Waals surface area contributed by atoms with E-state index in [0.29, 0.717) is 23.6 Å². The molecule has 34 heavy (non-hydrogen) atoms. The van der Waals surface area contributed by atoms with Crippen LogP contribution in [0.5, 0.6) is 17.2 Å². The molecule has 0 atom stereocenters. The van der Waals surface area contributed by atoms with Gasteiger partial charge in [0.25, 0.3) is 0 Å². The van der Waals surface area contributed by atoms with E-state index in [0.717, 1.165) is 5.56 Å². The first-order chi connectivity index (χ1) is 16.4. The van der Waals surface area contributed by atoms with Crippen molar-refractivity contribution in [3.63, 3.8) is 0 Å². The van der Waals surface area contributed by atoms with Gasteiger partial charge in [0.05, 0.1) is 12.9 Å². The molecule has 4 rings (SSSR count). The molecule has 174 valence electrons. The van der Waals surface area contributed by atoms with Gasteiger partial charge in [-0.15, -0.1) is 0 Å². The second-order valence-electron chi connectivity index (χ2n) is 7.14. The van der Waals surface area contributed by atoms with E-state index >= 15 is 0 Å². The number of methoxy groups -OCH3 is 1. The first kappa shape index (κ1) is 23.5. The Kier molecular flexibility index (Phi) is 7.24. The van der Waals surface area contributed by atoms with Crippen molar-refractivity contribution in [3.8, 4) is 28.8 Å². The maximum absolute atomic E-state index is 12.9. The van der Waals surface area contributed by atoms with Crippen molar-refractivity contribution in [1.29, 1.82) is 0 Å². The Balaban J connectivity index is 1.70. The van der Waals surface area contributed by atoms with Crippen LogP contribution in [-0.2, 0) is 16.4 Å². The van der Waals surface area contributed by atoms with E-state index in [1.54, 1.807) is 48.7 Å². The topological polar surface area (TPSA) is 103 Å². The van der Waals surface area contributed by atoms with E-state index in [2.05, 4.69) is 19.7 Å². The molecule has 1 N–H and O–H groups in total. The van der Waals surface area contributed by atoms with Gasteiger partial charge in [-0.1, -0.05) is 60.1 Å². The fraction of sp³-hybridized carbons (Fsp3) is 0.125. The van der Waals surface area contributed by atoms with Gasteiger partial charge >= 0.3 is 0 Å². The van der Waals surface area contributed by atoms with Crippen molar-refractivity contribution in [2.24, 2.45) is 0 Å². The zero-order valence-electron chi connectivity index (χ0n) is 18.2. The van der Waals surface area contributed by atoms with Crippen LogP contribution in [0.3, 0.4) is 0 Å². The van der Waals surface area contributed by atoms with Crippen LogP contribution in [-0.4, -0.2) is 36.2 Å². The number of nitrogens with zero attached hydrogens (tertiary/aromatic N) is 3. The van der Waals surface area contributed by atoms with Gasteiger partial charge in [-0.05, 0) is 36.2 Å². The van der Waals surface area contributed by atoms with Gasteiger partial charge < -0.3 is 9.47 Å². The van der Waals surface area contributed by atoms with Crippen LogP contribution < -0.4 is 14.2 Å². The fourth-order valence-corrected chi connectivity index (χ4v) is 4.35. The smallest absolute Gasteiger partial charge is 0.234 e. The van der Waals surface area contributed by atoms with Gasteiger partial charge in [0.2, 0.25) is 15.8 Å². The average molecular weight is 497 g/mol. The molecule has 0 saturated heterocycles. The molecule has 0 radical (unpaired) electrons. The van der Waals surface area contributed by atoms with E-state index < -0.39 is 10.0 Å². The predicted molar refractivity (Wildman–Crippen MR) is 131 cm³/mol. The number of pyridine rings is 1. The highest BCUT2D eigenvalue weighted by Gasteiger charge is 2.22. The summed E-state index contributed by atoms with van der Waals surface area (Å²) in [5.41, 5.74) is 1.33. The summed E-state index contributed by atoms with van der Waals surface area (Å²) >= 11 is 6.45. The molecule has 0 amide bonds. The highest BCUT2D eigenvalue weighted by atomic mass is 35.5. The lowest BCUT2D eigenvalue weighted by Gasteiger charge is -2.16. The fourth-order valence-electron chi connectivity index (χ4n) is 3.10. The maximum Gasteiger partial charge on any atom is 0.234 e. The Bertz CT molecular complexity index is 1370. The second-order valence-corrected chi connectivity index (χ2v) is 9.34. The molecule has 4 aromatic rings. The summed E-state index contributed by atoms with van der Waals surface area (Å²) in [4.78, 5) is 12.9. The van der Waals surface area contributed by atoms with E-state index in [1.165, 1.54) is 7.11 Å². The summed E-state index contributed by atoms with van der Waals surface area (Å²) in [7, 11) is -2.31. The van der Waals surface area contributed by atoms with Crippen molar-refractivity contribution < 1.29 is 17.9 Å². The number of sulfonamides is 1. The predicted octanol–water partition coefficient (Wildman–Crippen LogP) is 4.98. The number of ether oxygens (including phenoxy) is 2. The number of rotatable bonds is 9. The van der Waals surface area contributed by atoms with Gasteiger partial charge in [0.15, 0.2) is 28.3 Å². The summed E-state index contributed by atoms with van der Waals surface area (Å²) in [5, 5.41) is -0.0812. The monoisotopic (exact) mass is 496 g/mol. The third-order valence-corrected chi connectivity index (χ3v) is 6.26. The molecule has 0 aliphatic heterocycles. The van der Waals surface area contributed by atoms with Gasteiger partial charge in [-0.3, -0.25) is 9.71 Å². The minimum absolute atomic E-state index is 0.0471. The Morgan fingerprint density at radius 2 is 1.62 bits per heavy atom. The van der Waals surface area contributed by atoms with Gasteiger partial charge in [0.1, 0.15) is 5.69 Å². The van der Waals surface area contributed by atoms with Crippen molar-refractivity contribution in [2.45, 2.75) is 6.42 Å². The van der Waals surface area contributed by atoms with E-state index in [1.807, 2.05) is 30.3 Å². The molecule has 0 saturated carbocycles. The maximum atomic E-state index is 12.9. The van der Waals surface area contributed by atoms with E-state index in [9.17, 15) is 8.42 Å². The lowest BCUT2D eigenvalue weighted by molar-refractivity contribution is 0.378. The molecule has 0 fully saturated rings. The lowest BCUT2D eigenvalue weighted by Crippen LogP contribution is -2.20. The number of benzene rings is 2. The van der Waals surface area contributed by atoms with Crippen LogP contribution in [0.1, 0.15) is 5.56 Å². The number of hydrogen-bond acceptors (Lipinski definition) is 7. The SMILES string of the molecule is COc1ccccc1Oc1c(Cl)nc(-c2ccccn2)nc1NS(=O)(=O)CCc1ccccc1. The number of halogens is 1. The summed E-state index contributed by atoms with van der Waals surface area (Å²) in [6.07, 6.45) is 1.90. The molecule has 2 aromatic carbocycles. The molecule has 0 unspecified atom stereocenters. The van der Waals surface area contributed by atoms with Crippen molar-refractivity contribution in [3.05, 3.63) is 89.7 Å². The first-order valence-corrected chi connectivity index (χ1v) is 12.3. The summed E-state index contributed by atoms with van der Waals surface area (Å²) in [6.45, 7) is 0. The Morgan fingerprint density at radius 1 is 0.912 bits per heavy atom. The van der Waals surface area contributed by atoms with Crippen LogP contribution >= 0.6 is 11.6 Å². The Morgan fingerprint density at radius 3 is 2.32 bits per heavy atom. The number of anilines is 1.